The first-order valence-electron chi connectivity index (χ1n) is 6.86. The molecule has 1 amide bonds. The molecule has 1 atom stereocenters. The number of benzene rings is 1. The molecule has 3 N–H and O–H groups in total. The van der Waals surface area contributed by atoms with Crippen molar-refractivity contribution in [1.82, 2.24) is 0 Å². The lowest BCUT2D eigenvalue weighted by Gasteiger charge is -2.14. The average Bonchev–Trinajstić information content (AvgIpc) is 2.37. The molecule has 0 aliphatic carbocycles. The second kappa shape index (κ2) is 8.42. The van der Waals surface area contributed by atoms with Crippen LogP contribution in [-0.4, -0.2) is 16.9 Å². The second-order valence-corrected chi connectivity index (χ2v) is 7.10. The summed E-state index contributed by atoms with van der Waals surface area (Å²) in [7, 11) is 0. The smallest absolute Gasteiger partial charge is 0.224 e. The van der Waals surface area contributed by atoms with Gasteiger partial charge in [-0.05, 0) is 36.3 Å². The summed E-state index contributed by atoms with van der Waals surface area (Å²) in [6.45, 7) is 6.66. The maximum Gasteiger partial charge on any atom is 0.224 e. The zero-order valence-corrected chi connectivity index (χ0v) is 13.9. The third kappa shape index (κ3) is 6.06. The van der Waals surface area contributed by atoms with Crippen LogP contribution in [0.15, 0.2) is 18.2 Å². The monoisotopic (exact) mass is 314 g/mol. The Kier molecular flexibility index (Phi) is 7.24. The van der Waals surface area contributed by atoms with Crippen molar-refractivity contribution in [1.29, 1.82) is 0 Å². The lowest BCUT2D eigenvalue weighted by Crippen LogP contribution is -2.12. The number of thioether (sulfide) groups is 1. The van der Waals surface area contributed by atoms with Gasteiger partial charge in [0.15, 0.2) is 0 Å². The molecular formula is C15H23ClN2OS. The molecule has 0 saturated carbocycles. The Morgan fingerprint density at radius 2 is 2.10 bits per heavy atom. The van der Waals surface area contributed by atoms with Crippen LogP contribution in [0.3, 0.4) is 0 Å². The van der Waals surface area contributed by atoms with Crippen molar-refractivity contribution in [2.45, 2.75) is 38.9 Å². The number of hydrogen-bond donors (Lipinski definition) is 2. The first-order valence-corrected chi connectivity index (χ1v) is 8.29. The molecule has 5 heteroatoms. The van der Waals surface area contributed by atoms with Gasteiger partial charge in [0.1, 0.15) is 0 Å². The first kappa shape index (κ1) is 17.2. The number of rotatable bonds is 7. The summed E-state index contributed by atoms with van der Waals surface area (Å²) in [6, 6.07) is 5.09. The van der Waals surface area contributed by atoms with Gasteiger partial charge in [0.25, 0.3) is 0 Å². The maximum atomic E-state index is 11.8. The molecule has 0 fully saturated rings. The molecule has 20 heavy (non-hydrogen) atoms. The van der Waals surface area contributed by atoms with Crippen molar-refractivity contribution >= 4 is 40.6 Å². The minimum Gasteiger partial charge on any atom is -0.399 e. The number of halogens is 1. The summed E-state index contributed by atoms with van der Waals surface area (Å²) in [5.41, 5.74) is 6.82. The Morgan fingerprint density at radius 3 is 2.70 bits per heavy atom. The van der Waals surface area contributed by atoms with Crippen molar-refractivity contribution in [3.05, 3.63) is 23.2 Å². The van der Waals surface area contributed by atoms with E-state index in [0.29, 0.717) is 34.0 Å². The van der Waals surface area contributed by atoms with E-state index in [4.69, 9.17) is 17.3 Å². The summed E-state index contributed by atoms with van der Waals surface area (Å²) in [5, 5.41) is 3.92. The van der Waals surface area contributed by atoms with Crippen LogP contribution in [0.2, 0.25) is 5.02 Å². The van der Waals surface area contributed by atoms with Crippen molar-refractivity contribution < 1.29 is 4.79 Å². The summed E-state index contributed by atoms with van der Waals surface area (Å²) < 4.78 is 0. The van der Waals surface area contributed by atoms with E-state index in [9.17, 15) is 4.79 Å². The molecule has 0 heterocycles. The number of nitrogens with two attached hydrogens (primary N) is 1. The van der Waals surface area contributed by atoms with Crippen molar-refractivity contribution in [3.8, 4) is 0 Å². The van der Waals surface area contributed by atoms with Crippen LogP contribution in [0.5, 0.6) is 0 Å². The number of carbonyl (C=O) groups is 1. The van der Waals surface area contributed by atoms with Crippen molar-refractivity contribution in [2.75, 3.05) is 16.8 Å². The van der Waals surface area contributed by atoms with Crippen LogP contribution in [-0.2, 0) is 4.79 Å². The lowest BCUT2D eigenvalue weighted by atomic mass is 10.2. The molecule has 0 spiro atoms. The fraction of sp³-hybridized carbons (Fsp3) is 0.533. The van der Waals surface area contributed by atoms with Crippen LogP contribution >= 0.6 is 23.4 Å². The molecule has 1 unspecified atom stereocenters. The quantitative estimate of drug-likeness (QED) is 0.578. The van der Waals surface area contributed by atoms with E-state index in [-0.39, 0.29) is 5.91 Å². The molecule has 1 rings (SSSR count). The van der Waals surface area contributed by atoms with Gasteiger partial charge < -0.3 is 11.1 Å². The zero-order valence-electron chi connectivity index (χ0n) is 12.3. The summed E-state index contributed by atoms with van der Waals surface area (Å²) >= 11 is 7.93. The van der Waals surface area contributed by atoms with Crippen LogP contribution in [0.4, 0.5) is 11.4 Å². The van der Waals surface area contributed by atoms with Gasteiger partial charge >= 0.3 is 0 Å². The van der Waals surface area contributed by atoms with Crippen LogP contribution < -0.4 is 11.1 Å². The predicted molar refractivity (Wildman–Crippen MR) is 90.5 cm³/mol. The van der Waals surface area contributed by atoms with E-state index in [1.807, 2.05) is 11.8 Å². The minimum absolute atomic E-state index is 0.00512. The molecule has 112 valence electrons. The molecule has 0 aliphatic heterocycles. The molecule has 0 aromatic heterocycles. The Bertz CT molecular complexity index is 451. The van der Waals surface area contributed by atoms with E-state index in [0.717, 1.165) is 12.2 Å². The Morgan fingerprint density at radius 1 is 1.40 bits per heavy atom. The van der Waals surface area contributed by atoms with Crippen LogP contribution in [0, 0.1) is 5.92 Å². The highest BCUT2D eigenvalue weighted by atomic mass is 35.5. The average molecular weight is 315 g/mol. The molecule has 0 radical (unpaired) electrons. The molecule has 0 saturated heterocycles. The van der Waals surface area contributed by atoms with E-state index in [1.165, 1.54) is 0 Å². The fourth-order valence-electron chi connectivity index (χ4n) is 1.54. The highest BCUT2D eigenvalue weighted by molar-refractivity contribution is 7.99. The third-order valence-electron chi connectivity index (χ3n) is 3.13. The number of nitrogens with one attached hydrogen (secondary N) is 1. The molecule has 1 aromatic rings. The van der Waals surface area contributed by atoms with Gasteiger partial charge in [0, 0.05) is 17.4 Å². The SMILES string of the molecule is CC(C)C(C)SCCCC(=O)Nc1ccc(N)cc1Cl. The minimum atomic E-state index is -0.00512. The third-order valence-corrected chi connectivity index (χ3v) is 5.04. The number of nitrogen functional groups attached to an aromatic ring is 1. The number of hydrogen-bond acceptors (Lipinski definition) is 3. The van der Waals surface area contributed by atoms with E-state index >= 15 is 0 Å². The normalized spacial score (nSPS) is 12.4. The summed E-state index contributed by atoms with van der Waals surface area (Å²) in [5.74, 6) is 1.67. The van der Waals surface area contributed by atoms with Gasteiger partial charge in [0.05, 0.1) is 10.7 Å². The topological polar surface area (TPSA) is 55.1 Å². The van der Waals surface area contributed by atoms with Crippen LogP contribution in [0.1, 0.15) is 33.6 Å². The van der Waals surface area contributed by atoms with E-state index in [2.05, 4.69) is 26.1 Å². The molecule has 0 aliphatic rings. The second-order valence-electron chi connectivity index (χ2n) is 5.21. The highest BCUT2D eigenvalue weighted by Gasteiger charge is 2.09. The van der Waals surface area contributed by atoms with E-state index in [1.54, 1.807) is 18.2 Å². The van der Waals surface area contributed by atoms with Gasteiger partial charge in [-0.25, -0.2) is 0 Å². The van der Waals surface area contributed by atoms with E-state index < -0.39 is 0 Å². The van der Waals surface area contributed by atoms with Gasteiger partial charge in [-0.1, -0.05) is 32.4 Å². The standard InChI is InChI=1S/C15H23ClN2OS/c1-10(2)11(3)20-8-4-5-15(19)18-14-7-6-12(17)9-13(14)16/h6-7,9-11H,4-5,8,17H2,1-3H3,(H,18,19). The summed E-state index contributed by atoms with van der Waals surface area (Å²) in [4.78, 5) is 11.8. The van der Waals surface area contributed by atoms with Gasteiger partial charge in [-0.3, -0.25) is 4.79 Å². The first-order chi connectivity index (χ1) is 9.40. The van der Waals surface area contributed by atoms with Crippen LogP contribution in [0.25, 0.3) is 0 Å². The number of carbonyl (C=O) groups excluding carboxylic acids is 1. The lowest BCUT2D eigenvalue weighted by molar-refractivity contribution is -0.116. The Balaban J connectivity index is 2.30. The molecule has 0 bridgehead atoms. The molecular weight excluding hydrogens is 292 g/mol. The van der Waals surface area contributed by atoms with Crippen molar-refractivity contribution in [2.24, 2.45) is 5.92 Å². The predicted octanol–water partition coefficient (Wildman–Crippen LogP) is 4.42. The largest absolute Gasteiger partial charge is 0.399 e. The van der Waals surface area contributed by atoms with Gasteiger partial charge in [0.2, 0.25) is 5.91 Å². The fourth-order valence-corrected chi connectivity index (χ4v) is 2.84. The molecule has 1 aromatic carbocycles. The number of anilines is 2. The Labute approximate surface area is 130 Å². The maximum absolute atomic E-state index is 11.8. The summed E-state index contributed by atoms with van der Waals surface area (Å²) in [6.07, 6.45) is 1.39. The van der Waals surface area contributed by atoms with Gasteiger partial charge in [-0.2, -0.15) is 11.8 Å². The molecule has 3 nitrogen and oxygen atoms in total. The Hall–Kier alpha value is -0.870. The zero-order chi connectivity index (χ0) is 15.1. The number of amides is 1. The van der Waals surface area contributed by atoms with Crippen molar-refractivity contribution in [3.63, 3.8) is 0 Å². The van der Waals surface area contributed by atoms with Gasteiger partial charge in [-0.15, -0.1) is 0 Å². The highest BCUT2D eigenvalue weighted by Crippen LogP contribution is 2.24.